The van der Waals surface area contributed by atoms with Crippen LogP contribution in [0.3, 0.4) is 0 Å². The molecule has 0 aliphatic heterocycles. The molecule has 0 fully saturated rings. The molecule has 4 nitrogen and oxygen atoms in total. The van der Waals surface area contributed by atoms with Gasteiger partial charge in [-0.05, 0) is 18.6 Å². The van der Waals surface area contributed by atoms with Crippen LogP contribution in [-0.4, -0.2) is 17.6 Å². The molecule has 19 heavy (non-hydrogen) atoms. The van der Waals surface area contributed by atoms with Gasteiger partial charge in [-0.1, -0.05) is 34.1 Å². The van der Waals surface area contributed by atoms with E-state index in [-0.39, 0.29) is 0 Å². The van der Waals surface area contributed by atoms with Gasteiger partial charge in [0.15, 0.2) is 5.69 Å². The molecule has 2 rings (SSSR count). The van der Waals surface area contributed by atoms with Crippen LogP contribution in [0.5, 0.6) is 0 Å². The number of nitrogens with zero attached hydrogens (tertiary/aromatic N) is 1. The molecule has 0 aliphatic rings. The second kappa shape index (κ2) is 6.68. The first-order chi connectivity index (χ1) is 9.22. The number of anilines is 1. The van der Waals surface area contributed by atoms with E-state index in [1.54, 1.807) is 12.4 Å². The SMILES string of the molecule is CCOC(=O)c1ncsc1NCc1ccccc1Br. The predicted molar refractivity (Wildman–Crippen MR) is 79.5 cm³/mol. The summed E-state index contributed by atoms with van der Waals surface area (Å²) in [5.74, 6) is -0.390. The van der Waals surface area contributed by atoms with E-state index in [4.69, 9.17) is 4.74 Å². The second-order valence-electron chi connectivity index (χ2n) is 3.70. The van der Waals surface area contributed by atoms with E-state index in [0.29, 0.717) is 18.8 Å². The molecule has 1 aromatic heterocycles. The van der Waals surface area contributed by atoms with Crippen molar-refractivity contribution in [2.75, 3.05) is 11.9 Å². The van der Waals surface area contributed by atoms with Crippen molar-refractivity contribution in [3.05, 3.63) is 45.5 Å². The van der Waals surface area contributed by atoms with Gasteiger partial charge in [-0.25, -0.2) is 9.78 Å². The minimum Gasteiger partial charge on any atom is -0.461 e. The summed E-state index contributed by atoms with van der Waals surface area (Å²) < 4.78 is 5.99. The van der Waals surface area contributed by atoms with Crippen LogP contribution in [-0.2, 0) is 11.3 Å². The van der Waals surface area contributed by atoms with Crippen molar-refractivity contribution in [3.63, 3.8) is 0 Å². The van der Waals surface area contributed by atoms with E-state index < -0.39 is 5.97 Å². The molecule has 0 amide bonds. The van der Waals surface area contributed by atoms with Crippen molar-refractivity contribution in [2.45, 2.75) is 13.5 Å². The minimum absolute atomic E-state index is 0.346. The number of thiazole rings is 1. The van der Waals surface area contributed by atoms with Gasteiger partial charge in [0.1, 0.15) is 5.00 Å². The zero-order chi connectivity index (χ0) is 13.7. The second-order valence-corrected chi connectivity index (χ2v) is 5.40. The molecule has 0 saturated heterocycles. The number of nitrogens with one attached hydrogen (secondary N) is 1. The fraction of sp³-hybridized carbons (Fsp3) is 0.231. The fourth-order valence-electron chi connectivity index (χ4n) is 1.53. The molecular weight excluding hydrogens is 328 g/mol. The zero-order valence-corrected chi connectivity index (χ0v) is 12.8. The topological polar surface area (TPSA) is 51.2 Å². The number of carbonyl (C=O) groups excluding carboxylic acids is 1. The van der Waals surface area contributed by atoms with Gasteiger partial charge in [-0.15, -0.1) is 11.3 Å². The molecule has 1 N–H and O–H groups in total. The summed E-state index contributed by atoms with van der Waals surface area (Å²) in [6, 6.07) is 7.93. The average molecular weight is 341 g/mol. The highest BCUT2D eigenvalue weighted by atomic mass is 79.9. The Labute approximate surface area is 124 Å². The van der Waals surface area contributed by atoms with Crippen molar-refractivity contribution in [1.29, 1.82) is 0 Å². The number of halogens is 1. The average Bonchev–Trinajstić information content (AvgIpc) is 2.86. The Bertz CT molecular complexity index is 571. The Balaban J connectivity index is 2.06. The first-order valence-electron chi connectivity index (χ1n) is 5.80. The molecule has 100 valence electrons. The number of carbonyl (C=O) groups is 1. The highest BCUT2D eigenvalue weighted by Crippen LogP contribution is 2.23. The first-order valence-corrected chi connectivity index (χ1v) is 7.47. The lowest BCUT2D eigenvalue weighted by Crippen LogP contribution is -2.09. The largest absolute Gasteiger partial charge is 0.461 e. The lowest BCUT2D eigenvalue weighted by molar-refractivity contribution is 0.0521. The monoisotopic (exact) mass is 340 g/mol. The summed E-state index contributed by atoms with van der Waals surface area (Å²) in [7, 11) is 0. The number of aromatic nitrogens is 1. The molecule has 0 aliphatic carbocycles. The normalized spacial score (nSPS) is 10.2. The van der Waals surface area contributed by atoms with Crippen LogP contribution in [0.2, 0.25) is 0 Å². The summed E-state index contributed by atoms with van der Waals surface area (Å²) >= 11 is 4.88. The Morgan fingerprint density at radius 3 is 3.00 bits per heavy atom. The van der Waals surface area contributed by atoms with Crippen LogP contribution in [0.1, 0.15) is 23.0 Å². The Morgan fingerprint density at radius 1 is 1.47 bits per heavy atom. The van der Waals surface area contributed by atoms with Crippen LogP contribution < -0.4 is 5.32 Å². The molecule has 0 spiro atoms. The maximum atomic E-state index is 11.7. The Kier molecular flexibility index (Phi) is 4.93. The maximum absolute atomic E-state index is 11.7. The van der Waals surface area contributed by atoms with Crippen molar-refractivity contribution in [2.24, 2.45) is 0 Å². The highest BCUT2D eigenvalue weighted by Gasteiger charge is 2.15. The number of ether oxygens (including phenoxy) is 1. The summed E-state index contributed by atoms with van der Waals surface area (Å²) in [5.41, 5.74) is 3.10. The molecule has 2 aromatic rings. The number of esters is 1. The van der Waals surface area contributed by atoms with Crippen molar-refractivity contribution < 1.29 is 9.53 Å². The van der Waals surface area contributed by atoms with Gasteiger partial charge in [-0.3, -0.25) is 0 Å². The number of rotatable bonds is 5. The summed E-state index contributed by atoms with van der Waals surface area (Å²) in [4.78, 5) is 15.7. The molecule has 1 heterocycles. The lowest BCUT2D eigenvalue weighted by atomic mass is 10.2. The molecule has 0 radical (unpaired) electrons. The smallest absolute Gasteiger partial charge is 0.360 e. The Morgan fingerprint density at radius 2 is 2.26 bits per heavy atom. The number of hydrogen-bond acceptors (Lipinski definition) is 5. The van der Waals surface area contributed by atoms with E-state index in [2.05, 4.69) is 26.2 Å². The summed E-state index contributed by atoms with van der Waals surface area (Å²) in [6.45, 7) is 2.74. The third-order valence-electron chi connectivity index (χ3n) is 2.43. The zero-order valence-electron chi connectivity index (χ0n) is 10.4. The van der Waals surface area contributed by atoms with Gasteiger partial charge in [0, 0.05) is 11.0 Å². The van der Waals surface area contributed by atoms with Gasteiger partial charge in [0.2, 0.25) is 0 Å². The van der Waals surface area contributed by atoms with Gasteiger partial charge in [-0.2, -0.15) is 0 Å². The van der Waals surface area contributed by atoms with E-state index in [1.807, 2.05) is 24.3 Å². The first kappa shape index (κ1) is 14.0. The third-order valence-corrected chi connectivity index (χ3v) is 3.99. The minimum atomic E-state index is -0.390. The third kappa shape index (κ3) is 3.54. The van der Waals surface area contributed by atoms with E-state index >= 15 is 0 Å². The highest BCUT2D eigenvalue weighted by molar-refractivity contribution is 9.10. The van der Waals surface area contributed by atoms with Gasteiger partial charge < -0.3 is 10.1 Å². The van der Waals surface area contributed by atoms with Gasteiger partial charge in [0.25, 0.3) is 0 Å². The molecule has 1 aromatic carbocycles. The number of hydrogen-bond donors (Lipinski definition) is 1. The van der Waals surface area contributed by atoms with Crippen molar-refractivity contribution in [3.8, 4) is 0 Å². The molecule has 0 unspecified atom stereocenters. The fourth-order valence-corrected chi connectivity index (χ4v) is 2.63. The van der Waals surface area contributed by atoms with Gasteiger partial charge in [0.05, 0.1) is 12.1 Å². The summed E-state index contributed by atoms with van der Waals surface area (Å²) in [5, 5.41) is 3.95. The Hall–Kier alpha value is -1.40. The van der Waals surface area contributed by atoms with Crippen LogP contribution in [0, 0.1) is 0 Å². The van der Waals surface area contributed by atoms with Gasteiger partial charge >= 0.3 is 5.97 Å². The van der Waals surface area contributed by atoms with E-state index in [0.717, 1.165) is 15.0 Å². The van der Waals surface area contributed by atoms with Crippen LogP contribution in [0.4, 0.5) is 5.00 Å². The quantitative estimate of drug-likeness (QED) is 0.843. The standard InChI is InChI=1S/C13H13BrN2O2S/c1-2-18-13(17)11-12(19-8-16-11)15-7-9-5-3-4-6-10(9)14/h3-6,8,15H,2,7H2,1H3. The molecule has 0 atom stereocenters. The van der Waals surface area contributed by atoms with Crippen LogP contribution in [0.25, 0.3) is 0 Å². The van der Waals surface area contributed by atoms with Crippen LogP contribution >= 0.6 is 27.3 Å². The van der Waals surface area contributed by atoms with E-state index in [1.165, 1.54) is 11.3 Å². The predicted octanol–water partition coefficient (Wildman–Crippen LogP) is 3.69. The van der Waals surface area contributed by atoms with E-state index in [9.17, 15) is 4.79 Å². The van der Waals surface area contributed by atoms with Crippen molar-refractivity contribution in [1.82, 2.24) is 4.98 Å². The van der Waals surface area contributed by atoms with Crippen LogP contribution in [0.15, 0.2) is 34.2 Å². The number of benzene rings is 1. The lowest BCUT2D eigenvalue weighted by Gasteiger charge is -2.07. The molecular formula is C13H13BrN2O2S. The molecule has 0 bridgehead atoms. The molecule has 0 saturated carbocycles. The van der Waals surface area contributed by atoms with Crippen molar-refractivity contribution >= 4 is 38.2 Å². The summed E-state index contributed by atoms with van der Waals surface area (Å²) in [6.07, 6.45) is 0. The molecule has 6 heteroatoms. The maximum Gasteiger partial charge on any atom is 0.360 e.